The minimum absolute atomic E-state index is 0.0572. The summed E-state index contributed by atoms with van der Waals surface area (Å²) in [6.45, 7) is 2.46. The SMILES string of the molecule is Cc1ccn(NCc2cccc3cccnc23)c(=O)c1. The first-order valence-corrected chi connectivity index (χ1v) is 6.50. The maximum absolute atomic E-state index is 11.8. The molecule has 3 aromatic rings. The zero-order valence-corrected chi connectivity index (χ0v) is 11.2. The van der Waals surface area contributed by atoms with Crippen molar-refractivity contribution in [3.8, 4) is 0 Å². The van der Waals surface area contributed by atoms with Crippen LogP contribution in [0, 0.1) is 6.92 Å². The van der Waals surface area contributed by atoms with Crippen molar-refractivity contribution < 1.29 is 0 Å². The van der Waals surface area contributed by atoms with E-state index < -0.39 is 0 Å². The quantitative estimate of drug-likeness (QED) is 0.791. The summed E-state index contributed by atoms with van der Waals surface area (Å²) in [5, 5.41) is 1.10. The molecule has 0 aliphatic rings. The summed E-state index contributed by atoms with van der Waals surface area (Å²) in [7, 11) is 0. The predicted molar refractivity (Wildman–Crippen MR) is 80.2 cm³/mol. The van der Waals surface area contributed by atoms with Crippen LogP contribution in [0.5, 0.6) is 0 Å². The molecule has 2 heterocycles. The highest BCUT2D eigenvalue weighted by atomic mass is 16.1. The van der Waals surface area contributed by atoms with Gasteiger partial charge < -0.3 is 5.43 Å². The fourth-order valence-electron chi connectivity index (χ4n) is 2.19. The number of nitrogens with zero attached hydrogens (tertiary/aromatic N) is 2. The van der Waals surface area contributed by atoms with Crippen LogP contribution in [0.4, 0.5) is 0 Å². The van der Waals surface area contributed by atoms with E-state index in [2.05, 4.69) is 10.4 Å². The first-order valence-electron chi connectivity index (χ1n) is 6.50. The van der Waals surface area contributed by atoms with Crippen LogP contribution < -0.4 is 11.0 Å². The highest BCUT2D eigenvalue weighted by Gasteiger charge is 2.02. The molecular weight excluding hydrogens is 250 g/mol. The molecule has 0 spiro atoms. The molecule has 1 N–H and O–H groups in total. The number of hydrogen-bond acceptors (Lipinski definition) is 3. The maximum Gasteiger partial charge on any atom is 0.269 e. The van der Waals surface area contributed by atoms with E-state index in [1.165, 1.54) is 4.68 Å². The third kappa shape index (κ3) is 2.40. The topological polar surface area (TPSA) is 46.9 Å². The largest absolute Gasteiger partial charge is 0.319 e. The van der Waals surface area contributed by atoms with E-state index >= 15 is 0 Å². The van der Waals surface area contributed by atoms with Gasteiger partial charge in [-0.25, -0.2) is 4.68 Å². The second-order valence-electron chi connectivity index (χ2n) is 4.74. The number of para-hydroxylation sites is 1. The number of benzene rings is 1. The Morgan fingerprint density at radius 3 is 2.90 bits per heavy atom. The molecule has 0 unspecified atom stereocenters. The Bertz CT molecular complexity index is 803. The second-order valence-corrected chi connectivity index (χ2v) is 4.74. The van der Waals surface area contributed by atoms with E-state index in [1.54, 1.807) is 18.5 Å². The van der Waals surface area contributed by atoms with Crippen LogP contribution in [0.3, 0.4) is 0 Å². The molecule has 0 radical (unpaired) electrons. The lowest BCUT2D eigenvalue weighted by Gasteiger charge is -2.11. The molecule has 3 rings (SSSR count). The predicted octanol–water partition coefficient (Wildman–Crippen LogP) is 2.45. The van der Waals surface area contributed by atoms with Gasteiger partial charge in [0.05, 0.1) is 12.1 Å². The van der Waals surface area contributed by atoms with E-state index in [0.717, 1.165) is 22.0 Å². The molecular formula is C16H15N3O. The van der Waals surface area contributed by atoms with Crippen molar-refractivity contribution in [2.24, 2.45) is 0 Å². The molecule has 4 heteroatoms. The van der Waals surface area contributed by atoms with Crippen LogP contribution in [0.1, 0.15) is 11.1 Å². The van der Waals surface area contributed by atoms with E-state index in [1.807, 2.05) is 43.3 Å². The second kappa shape index (κ2) is 5.17. The average Bonchev–Trinajstić information content (AvgIpc) is 2.46. The first kappa shape index (κ1) is 12.4. The number of fused-ring (bicyclic) bond motifs is 1. The molecule has 0 aliphatic heterocycles. The first-order chi connectivity index (χ1) is 9.74. The van der Waals surface area contributed by atoms with Crippen molar-refractivity contribution in [3.05, 3.63) is 76.3 Å². The molecule has 0 amide bonds. The summed E-state index contributed by atoms with van der Waals surface area (Å²) in [5.74, 6) is 0. The van der Waals surface area contributed by atoms with Crippen molar-refractivity contribution in [3.63, 3.8) is 0 Å². The van der Waals surface area contributed by atoms with Gasteiger partial charge >= 0.3 is 0 Å². The van der Waals surface area contributed by atoms with Gasteiger partial charge in [0.1, 0.15) is 0 Å². The van der Waals surface area contributed by atoms with Crippen molar-refractivity contribution >= 4 is 10.9 Å². The Kier molecular flexibility index (Phi) is 3.21. The lowest BCUT2D eigenvalue weighted by atomic mass is 10.1. The number of rotatable bonds is 3. The van der Waals surface area contributed by atoms with Crippen molar-refractivity contribution in [1.82, 2.24) is 9.66 Å². The van der Waals surface area contributed by atoms with Gasteiger partial charge in [-0.05, 0) is 30.2 Å². The maximum atomic E-state index is 11.8. The molecule has 0 saturated carbocycles. The van der Waals surface area contributed by atoms with Gasteiger partial charge in [0.25, 0.3) is 5.56 Å². The van der Waals surface area contributed by atoms with Crippen molar-refractivity contribution in [1.29, 1.82) is 0 Å². The number of pyridine rings is 2. The van der Waals surface area contributed by atoms with Gasteiger partial charge in [-0.3, -0.25) is 9.78 Å². The number of hydrogen-bond donors (Lipinski definition) is 1. The van der Waals surface area contributed by atoms with Crippen LogP contribution in [0.15, 0.2) is 59.7 Å². The summed E-state index contributed by atoms with van der Waals surface area (Å²) in [5.41, 5.74) is 6.04. The van der Waals surface area contributed by atoms with Gasteiger partial charge in [0, 0.05) is 23.8 Å². The minimum atomic E-state index is -0.0572. The Balaban J connectivity index is 1.89. The zero-order valence-electron chi connectivity index (χ0n) is 11.2. The number of nitrogens with one attached hydrogen (secondary N) is 1. The Hall–Kier alpha value is -2.62. The van der Waals surface area contributed by atoms with Crippen LogP contribution in [0.25, 0.3) is 10.9 Å². The van der Waals surface area contributed by atoms with Gasteiger partial charge in [-0.15, -0.1) is 0 Å². The van der Waals surface area contributed by atoms with E-state index in [9.17, 15) is 4.79 Å². The highest BCUT2D eigenvalue weighted by molar-refractivity contribution is 5.81. The van der Waals surface area contributed by atoms with Crippen LogP contribution in [-0.4, -0.2) is 9.66 Å². The van der Waals surface area contributed by atoms with Crippen LogP contribution >= 0.6 is 0 Å². The summed E-state index contributed by atoms with van der Waals surface area (Å²) in [6, 6.07) is 13.5. The molecule has 2 aromatic heterocycles. The van der Waals surface area contributed by atoms with Crippen molar-refractivity contribution in [2.45, 2.75) is 13.5 Å². The van der Waals surface area contributed by atoms with Crippen molar-refractivity contribution in [2.75, 3.05) is 5.43 Å². The molecule has 0 atom stereocenters. The molecule has 1 aromatic carbocycles. The molecule has 100 valence electrons. The average molecular weight is 265 g/mol. The highest BCUT2D eigenvalue weighted by Crippen LogP contribution is 2.15. The smallest absolute Gasteiger partial charge is 0.269 e. The van der Waals surface area contributed by atoms with E-state index in [4.69, 9.17) is 0 Å². The zero-order chi connectivity index (χ0) is 13.9. The third-order valence-electron chi connectivity index (χ3n) is 3.23. The summed E-state index contributed by atoms with van der Waals surface area (Å²) >= 11 is 0. The summed E-state index contributed by atoms with van der Waals surface area (Å²) in [4.78, 5) is 16.2. The fraction of sp³-hybridized carbons (Fsp3) is 0.125. The van der Waals surface area contributed by atoms with E-state index in [0.29, 0.717) is 6.54 Å². The Morgan fingerprint density at radius 2 is 2.05 bits per heavy atom. The lowest BCUT2D eigenvalue weighted by molar-refractivity contribution is 0.802. The Morgan fingerprint density at radius 1 is 1.20 bits per heavy atom. The standard InChI is InChI=1S/C16H15N3O/c1-12-7-9-19(15(20)10-12)18-11-14-5-2-4-13-6-3-8-17-16(13)14/h2-10,18H,11H2,1H3. The molecule has 20 heavy (non-hydrogen) atoms. The molecule has 0 fully saturated rings. The molecule has 0 saturated heterocycles. The minimum Gasteiger partial charge on any atom is -0.319 e. The van der Waals surface area contributed by atoms with Gasteiger partial charge in [-0.2, -0.15) is 0 Å². The van der Waals surface area contributed by atoms with Crippen LogP contribution in [-0.2, 0) is 6.54 Å². The molecule has 0 bridgehead atoms. The molecule has 0 aliphatic carbocycles. The Labute approximate surface area is 116 Å². The third-order valence-corrected chi connectivity index (χ3v) is 3.23. The van der Waals surface area contributed by atoms with Gasteiger partial charge in [-0.1, -0.05) is 24.3 Å². The number of aryl methyl sites for hydroxylation is 1. The lowest BCUT2D eigenvalue weighted by Crippen LogP contribution is -2.27. The summed E-state index contributed by atoms with van der Waals surface area (Å²) in [6.07, 6.45) is 3.53. The molecule has 4 nitrogen and oxygen atoms in total. The monoisotopic (exact) mass is 265 g/mol. The normalized spacial score (nSPS) is 10.7. The van der Waals surface area contributed by atoms with Gasteiger partial charge in [0.2, 0.25) is 0 Å². The summed E-state index contributed by atoms with van der Waals surface area (Å²) < 4.78 is 1.49. The fourth-order valence-corrected chi connectivity index (χ4v) is 2.19. The van der Waals surface area contributed by atoms with E-state index in [-0.39, 0.29) is 5.56 Å². The van der Waals surface area contributed by atoms with Gasteiger partial charge in [0.15, 0.2) is 0 Å². The number of aromatic nitrogens is 2. The van der Waals surface area contributed by atoms with Crippen LogP contribution in [0.2, 0.25) is 0 Å².